The number of rotatable bonds is 0. The van der Waals surface area contributed by atoms with Crippen molar-refractivity contribution >= 4 is 0 Å². The Balaban J connectivity index is 2.96. The first-order valence-corrected chi connectivity index (χ1v) is 2.48. The molecule has 0 aliphatic carbocycles. The average Bonchev–Trinajstić information content (AvgIpc) is 2.11. The van der Waals surface area contributed by atoms with Gasteiger partial charge in [-0.25, -0.2) is 0 Å². The molecule has 1 aromatic heterocycles. The Kier molecular flexibility index (Phi) is 1.42. The van der Waals surface area contributed by atoms with Gasteiger partial charge in [-0.3, -0.25) is 4.68 Å². The van der Waals surface area contributed by atoms with Gasteiger partial charge in [0.2, 0.25) is 0 Å². The van der Waals surface area contributed by atoms with Crippen molar-refractivity contribution in [3.05, 3.63) is 18.0 Å². The maximum atomic E-state index is 11.7. The molecular formula is C5H4F3N2. The summed E-state index contributed by atoms with van der Waals surface area (Å²) in [5, 5.41) is 3.32. The summed E-state index contributed by atoms with van der Waals surface area (Å²) in [5.41, 5.74) is -0.838. The lowest BCUT2D eigenvalue weighted by Gasteiger charge is -1.98. The van der Waals surface area contributed by atoms with Crippen LogP contribution in [-0.4, -0.2) is 9.78 Å². The second kappa shape index (κ2) is 2.00. The zero-order valence-electron chi connectivity index (χ0n) is 5.11. The second-order valence-electron chi connectivity index (χ2n) is 1.79. The largest absolute Gasteiger partial charge is 0.420 e. The first-order valence-electron chi connectivity index (χ1n) is 2.48. The normalized spacial score (nSPS) is 12.0. The van der Waals surface area contributed by atoms with E-state index in [0.29, 0.717) is 0 Å². The molecule has 10 heavy (non-hydrogen) atoms. The van der Waals surface area contributed by atoms with Gasteiger partial charge in [0.25, 0.3) is 0 Å². The Bertz CT molecular complexity index is 225. The molecule has 0 saturated carbocycles. The Hall–Kier alpha value is -1.00. The van der Waals surface area contributed by atoms with Crippen molar-refractivity contribution in [3.8, 4) is 0 Å². The predicted molar refractivity (Wildman–Crippen MR) is 27.0 cm³/mol. The second-order valence-corrected chi connectivity index (χ2v) is 1.79. The first kappa shape index (κ1) is 7.11. The van der Waals surface area contributed by atoms with Crippen molar-refractivity contribution in [3.63, 3.8) is 0 Å². The molecule has 1 radical (unpaired) electrons. The third kappa shape index (κ3) is 1.29. The standard InChI is InChI=1S/C5H4F3N2/c1-10-3-4(2-9-10)5(6,7)8/h2H,1H3. The highest BCUT2D eigenvalue weighted by atomic mass is 19.4. The molecule has 1 rings (SSSR count). The topological polar surface area (TPSA) is 17.8 Å². The SMILES string of the molecule is Cn1[c]c(C(F)(F)F)cn1. The molecule has 0 N–H and O–H groups in total. The molecule has 5 heteroatoms. The molecular weight excluding hydrogens is 145 g/mol. The van der Waals surface area contributed by atoms with Crippen LogP contribution in [0, 0.1) is 6.20 Å². The molecule has 0 aliphatic rings. The van der Waals surface area contributed by atoms with E-state index in [1.807, 2.05) is 6.20 Å². The van der Waals surface area contributed by atoms with E-state index in [2.05, 4.69) is 5.10 Å². The Morgan fingerprint density at radius 1 is 1.60 bits per heavy atom. The third-order valence-electron chi connectivity index (χ3n) is 0.948. The van der Waals surface area contributed by atoms with E-state index in [9.17, 15) is 13.2 Å². The fourth-order valence-electron chi connectivity index (χ4n) is 0.513. The molecule has 0 aliphatic heterocycles. The van der Waals surface area contributed by atoms with Gasteiger partial charge < -0.3 is 0 Å². The van der Waals surface area contributed by atoms with Gasteiger partial charge in [-0.15, -0.1) is 0 Å². The minimum atomic E-state index is -4.33. The van der Waals surface area contributed by atoms with Gasteiger partial charge in [0.05, 0.1) is 12.4 Å². The van der Waals surface area contributed by atoms with Crippen LogP contribution in [0.4, 0.5) is 13.2 Å². The van der Waals surface area contributed by atoms with Crippen LogP contribution in [0.3, 0.4) is 0 Å². The summed E-state index contributed by atoms with van der Waals surface area (Å²) in [6.07, 6.45) is -1.59. The van der Waals surface area contributed by atoms with E-state index < -0.39 is 11.7 Å². The highest BCUT2D eigenvalue weighted by Gasteiger charge is 2.32. The van der Waals surface area contributed by atoms with Gasteiger partial charge in [-0.05, 0) is 0 Å². The van der Waals surface area contributed by atoms with E-state index in [1.54, 1.807) is 0 Å². The molecule has 0 saturated heterocycles. The molecule has 0 amide bonds. The Labute approximate surface area is 55.3 Å². The van der Waals surface area contributed by atoms with Crippen LogP contribution in [0.15, 0.2) is 6.20 Å². The van der Waals surface area contributed by atoms with Crippen LogP contribution in [0.1, 0.15) is 5.56 Å². The molecule has 55 valence electrons. The van der Waals surface area contributed by atoms with Gasteiger partial charge in [0.1, 0.15) is 5.56 Å². The van der Waals surface area contributed by atoms with Crippen LogP contribution >= 0.6 is 0 Å². The maximum absolute atomic E-state index is 11.7. The van der Waals surface area contributed by atoms with Gasteiger partial charge >= 0.3 is 6.18 Å². The van der Waals surface area contributed by atoms with Gasteiger partial charge in [-0.1, -0.05) is 0 Å². The number of hydrogen-bond donors (Lipinski definition) is 0. The molecule has 0 atom stereocenters. The molecule has 0 unspecified atom stereocenters. The molecule has 2 nitrogen and oxygen atoms in total. The fourth-order valence-corrected chi connectivity index (χ4v) is 0.513. The molecule has 0 bridgehead atoms. The maximum Gasteiger partial charge on any atom is 0.420 e. The molecule has 0 aromatic carbocycles. The van der Waals surface area contributed by atoms with E-state index in [4.69, 9.17) is 0 Å². The lowest BCUT2D eigenvalue weighted by molar-refractivity contribution is -0.137. The summed E-state index contributed by atoms with van der Waals surface area (Å²) in [7, 11) is 1.38. The summed E-state index contributed by atoms with van der Waals surface area (Å²) in [5.74, 6) is 0. The highest BCUT2D eigenvalue weighted by Crippen LogP contribution is 2.27. The van der Waals surface area contributed by atoms with Crippen molar-refractivity contribution in [2.24, 2.45) is 7.05 Å². The summed E-state index contributed by atoms with van der Waals surface area (Å²) in [6, 6.07) is 0. The van der Waals surface area contributed by atoms with Gasteiger partial charge in [-0.2, -0.15) is 18.3 Å². The van der Waals surface area contributed by atoms with Gasteiger partial charge in [0.15, 0.2) is 0 Å². The molecule has 1 heterocycles. The summed E-state index contributed by atoms with van der Waals surface area (Å²) in [4.78, 5) is 0. The lowest BCUT2D eigenvalue weighted by atomic mass is 10.4. The van der Waals surface area contributed by atoms with Crippen molar-refractivity contribution in [1.82, 2.24) is 9.78 Å². The number of hydrogen-bond acceptors (Lipinski definition) is 1. The predicted octanol–water partition coefficient (Wildman–Crippen LogP) is 1.24. The van der Waals surface area contributed by atoms with E-state index in [-0.39, 0.29) is 0 Å². The van der Waals surface area contributed by atoms with E-state index >= 15 is 0 Å². The zero-order chi connectivity index (χ0) is 7.78. The summed E-state index contributed by atoms with van der Waals surface area (Å²) >= 11 is 0. The van der Waals surface area contributed by atoms with E-state index in [0.717, 1.165) is 10.9 Å². The Morgan fingerprint density at radius 2 is 2.20 bits per heavy atom. The number of halogens is 3. The Morgan fingerprint density at radius 3 is 2.40 bits per heavy atom. The van der Waals surface area contributed by atoms with Crippen LogP contribution in [-0.2, 0) is 13.2 Å². The number of nitrogens with zero attached hydrogens (tertiary/aromatic N) is 2. The summed E-state index contributed by atoms with van der Waals surface area (Å²) in [6.45, 7) is 0. The van der Waals surface area contributed by atoms with Crippen LogP contribution in [0.5, 0.6) is 0 Å². The van der Waals surface area contributed by atoms with Crippen molar-refractivity contribution in [2.45, 2.75) is 6.18 Å². The van der Waals surface area contributed by atoms with Gasteiger partial charge in [0, 0.05) is 7.05 Å². The number of alkyl halides is 3. The molecule has 0 spiro atoms. The van der Waals surface area contributed by atoms with Crippen LogP contribution in [0.25, 0.3) is 0 Å². The monoisotopic (exact) mass is 149 g/mol. The number of aromatic nitrogens is 2. The lowest BCUT2D eigenvalue weighted by Crippen LogP contribution is -2.02. The fraction of sp³-hybridized carbons (Fsp3) is 0.400. The zero-order valence-corrected chi connectivity index (χ0v) is 5.11. The van der Waals surface area contributed by atoms with Crippen LogP contribution in [0.2, 0.25) is 0 Å². The van der Waals surface area contributed by atoms with Crippen molar-refractivity contribution in [2.75, 3.05) is 0 Å². The van der Waals surface area contributed by atoms with Crippen molar-refractivity contribution < 1.29 is 13.2 Å². The average molecular weight is 149 g/mol. The number of aryl methyl sites for hydroxylation is 1. The quantitative estimate of drug-likeness (QED) is 0.542. The minimum absolute atomic E-state index is 0.736. The highest BCUT2D eigenvalue weighted by molar-refractivity contribution is 5.05. The van der Waals surface area contributed by atoms with Crippen molar-refractivity contribution in [1.29, 1.82) is 0 Å². The smallest absolute Gasteiger partial charge is 0.266 e. The summed E-state index contributed by atoms with van der Waals surface area (Å²) < 4.78 is 36.1. The third-order valence-corrected chi connectivity index (χ3v) is 0.948. The first-order chi connectivity index (χ1) is 4.50. The molecule has 1 aromatic rings. The van der Waals surface area contributed by atoms with Crippen LogP contribution < -0.4 is 0 Å². The van der Waals surface area contributed by atoms with E-state index in [1.165, 1.54) is 7.05 Å². The molecule has 0 fully saturated rings. The minimum Gasteiger partial charge on any atom is -0.266 e.